The molecule has 28 heavy (non-hydrogen) atoms. The first kappa shape index (κ1) is 21.3. The van der Waals surface area contributed by atoms with Crippen LogP contribution in [0.1, 0.15) is 25.3 Å². The second-order valence-electron chi connectivity index (χ2n) is 6.90. The minimum Gasteiger partial charge on any atom is -0.381 e. The predicted molar refractivity (Wildman–Crippen MR) is 110 cm³/mol. The number of carbonyl (C=O) groups excluding carboxylic acids is 1. The van der Waals surface area contributed by atoms with E-state index in [1.807, 2.05) is 24.3 Å². The topological polar surface area (TPSA) is 84.5 Å². The van der Waals surface area contributed by atoms with Gasteiger partial charge in [-0.25, -0.2) is 8.42 Å². The Kier molecular flexibility index (Phi) is 6.77. The number of hydrogen-bond donors (Lipinski definition) is 2. The lowest BCUT2D eigenvalue weighted by Gasteiger charge is -2.38. The van der Waals surface area contributed by atoms with Gasteiger partial charge >= 0.3 is 0 Å². The number of benzene rings is 1. The third-order valence-electron chi connectivity index (χ3n) is 4.97. The Morgan fingerprint density at radius 1 is 1.29 bits per heavy atom. The first-order valence-corrected chi connectivity index (χ1v) is 11.7. The van der Waals surface area contributed by atoms with Gasteiger partial charge in [0.05, 0.1) is 6.04 Å². The molecule has 0 spiro atoms. The summed E-state index contributed by atoms with van der Waals surface area (Å²) in [6, 6.07) is 9.92. The van der Waals surface area contributed by atoms with Crippen LogP contribution in [0.5, 0.6) is 0 Å². The number of sulfonamides is 1. The normalized spacial score (nSPS) is 17.8. The molecule has 1 aliphatic heterocycles. The van der Waals surface area contributed by atoms with Crippen LogP contribution in [0.25, 0.3) is 0 Å². The Morgan fingerprint density at radius 3 is 2.68 bits per heavy atom. The average Bonchev–Trinajstić information content (AvgIpc) is 3.22. The van der Waals surface area contributed by atoms with Gasteiger partial charge in [0, 0.05) is 30.2 Å². The van der Waals surface area contributed by atoms with Gasteiger partial charge in [0.25, 0.3) is 10.0 Å². The fourth-order valence-electron chi connectivity index (χ4n) is 3.32. The fourth-order valence-corrected chi connectivity index (χ4v) is 5.72. The average molecular weight is 443 g/mol. The largest absolute Gasteiger partial charge is 0.381 e. The minimum absolute atomic E-state index is 0.187. The Balaban J connectivity index is 1.68. The molecule has 152 valence electrons. The third kappa shape index (κ3) is 4.93. The molecule has 2 aromatic rings. The van der Waals surface area contributed by atoms with Crippen LogP contribution in [0.4, 0.5) is 0 Å². The molecule has 3 rings (SSSR count). The molecule has 1 fully saturated rings. The standard InChI is InChI=1S/C19H23ClN2O4S2/c1-14(22-28(24,25)17-6-3-11-27-17)18(23)21-13-19(7-9-26-10-8-19)15-4-2-5-16(20)12-15/h2-6,11-12,14,22H,7-10,13H2,1H3,(H,21,23). The number of thiophene rings is 1. The Hall–Kier alpha value is -1.45. The summed E-state index contributed by atoms with van der Waals surface area (Å²) >= 11 is 7.28. The molecule has 1 amide bonds. The number of nitrogens with one attached hydrogen (secondary N) is 2. The molecule has 0 aliphatic carbocycles. The van der Waals surface area contributed by atoms with Gasteiger partial charge in [-0.15, -0.1) is 11.3 Å². The maximum Gasteiger partial charge on any atom is 0.250 e. The number of carbonyl (C=O) groups is 1. The molecular formula is C19H23ClN2O4S2. The van der Waals surface area contributed by atoms with Crippen LogP contribution in [0.15, 0.2) is 46.0 Å². The van der Waals surface area contributed by atoms with Crippen LogP contribution in [0.3, 0.4) is 0 Å². The zero-order valence-corrected chi connectivity index (χ0v) is 17.9. The molecule has 1 aromatic heterocycles. The molecule has 1 aliphatic rings. The van der Waals surface area contributed by atoms with Crippen LogP contribution in [-0.2, 0) is 25.0 Å². The molecule has 2 heterocycles. The van der Waals surface area contributed by atoms with E-state index in [1.54, 1.807) is 11.4 Å². The van der Waals surface area contributed by atoms with E-state index in [0.29, 0.717) is 24.8 Å². The summed E-state index contributed by atoms with van der Waals surface area (Å²) in [6.07, 6.45) is 1.51. The second-order valence-corrected chi connectivity index (χ2v) is 10.2. The van der Waals surface area contributed by atoms with E-state index < -0.39 is 16.1 Å². The highest BCUT2D eigenvalue weighted by Gasteiger charge is 2.35. The van der Waals surface area contributed by atoms with Crippen molar-refractivity contribution in [2.24, 2.45) is 0 Å². The zero-order valence-electron chi connectivity index (χ0n) is 15.5. The summed E-state index contributed by atoms with van der Waals surface area (Å²) in [6.45, 7) is 3.13. The summed E-state index contributed by atoms with van der Waals surface area (Å²) in [5.74, 6) is -0.368. The quantitative estimate of drug-likeness (QED) is 0.690. The fraction of sp³-hybridized carbons (Fsp3) is 0.421. The SMILES string of the molecule is CC(NS(=O)(=O)c1cccs1)C(=O)NCC1(c2cccc(Cl)c2)CCOCC1. The Labute approximate surface area is 174 Å². The number of rotatable bonds is 7. The van der Waals surface area contributed by atoms with Crippen molar-refractivity contribution in [3.05, 3.63) is 52.4 Å². The molecular weight excluding hydrogens is 420 g/mol. The van der Waals surface area contributed by atoms with Gasteiger partial charge in [0.2, 0.25) is 5.91 Å². The highest BCUT2D eigenvalue weighted by molar-refractivity contribution is 7.91. The van der Waals surface area contributed by atoms with E-state index in [4.69, 9.17) is 16.3 Å². The van der Waals surface area contributed by atoms with E-state index in [1.165, 1.54) is 13.0 Å². The van der Waals surface area contributed by atoms with Crippen molar-refractivity contribution >= 4 is 38.9 Å². The van der Waals surface area contributed by atoms with Crippen molar-refractivity contribution in [1.82, 2.24) is 10.0 Å². The maximum absolute atomic E-state index is 12.6. The summed E-state index contributed by atoms with van der Waals surface area (Å²) in [7, 11) is -3.71. The van der Waals surface area contributed by atoms with Gasteiger partial charge < -0.3 is 10.1 Å². The van der Waals surface area contributed by atoms with Gasteiger partial charge in [-0.1, -0.05) is 29.8 Å². The lowest BCUT2D eigenvalue weighted by atomic mass is 9.74. The van der Waals surface area contributed by atoms with Crippen LogP contribution in [0.2, 0.25) is 5.02 Å². The first-order chi connectivity index (χ1) is 13.3. The number of halogens is 1. The number of ether oxygens (including phenoxy) is 1. The lowest BCUT2D eigenvalue weighted by molar-refractivity contribution is -0.122. The summed E-state index contributed by atoms with van der Waals surface area (Å²) in [5, 5.41) is 5.24. The van der Waals surface area contributed by atoms with Gasteiger partial charge in [-0.3, -0.25) is 4.79 Å². The van der Waals surface area contributed by atoms with E-state index >= 15 is 0 Å². The van der Waals surface area contributed by atoms with Crippen molar-refractivity contribution < 1.29 is 17.9 Å². The van der Waals surface area contributed by atoms with Crippen molar-refractivity contribution in [1.29, 1.82) is 0 Å². The van der Waals surface area contributed by atoms with Gasteiger partial charge in [0.15, 0.2) is 0 Å². The van der Waals surface area contributed by atoms with Gasteiger partial charge in [0.1, 0.15) is 4.21 Å². The minimum atomic E-state index is -3.71. The predicted octanol–water partition coefficient (Wildman–Crippen LogP) is 2.93. The van der Waals surface area contributed by atoms with Gasteiger partial charge in [-0.05, 0) is 48.9 Å². The lowest BCUT2D eigenvalue weighted by Crippen LogP contribution is -2.50. The highest BCUT2D eigenvalue weighted by atomic mass is 35.5. The van der Waals surface area contributed by atoms with Crippen molar-refractivity contribution in [3.63, 3.8) is 0 Å². The van der Waals surface area contributed by atoms with E-state index in [9.17, 15) is 13.2 Å². The van der Waals surface area contributed by atoms with Crippen LogP contribution in [0, 0.1) is 0 Å². The smallest absolute Gasteiger partial charge is 0.250 e. The Morgan fingerprint density at radius 2 is 2.04 bits per heavy atom. The molecule has 0 saturated carbocycles. The molecule has 6 nitrogen and oxygen atoms in total. The number of hydrogen-bond acceptors (Lipinski definition) is 5. The molecule has 1 aromatic carbocycles. The summed E-state index contributed by atoms with van der Waals surface area (Å²) in [4.78, 5) is 12.6. The van der Waals surface area contributed by atoms with Crippen molar-refractivity contribution in [2.45, 2.75) is 35.4 Å². The van der Waals surface area contributed by atoms with Crippen molar-refractivity contribution in [3.8, 4) is 0 Å². The molecule has 9 heteroatoms. The number of amides is 1. The first-order valence-electron chi connectivity index (χ1n) is 9.00. The van der Waals surface area contributed by atoms with Gasteiger partial charge in [-0.2, -0.15) is 4.72 Å². The second kappa shape index (κ2) is 8.92. The summed E-state index contributed by atoms with van der Waals surface area (Å²) < 4.78 is 32.8. The Bertz CT molecular complexity index is 910. The van der Waals surface area contributed by atoms with Crippen LogP contribution < -0.4 is 10.0 Å². The molecule has 1 atom stereocenters. The monoisotopic (exact) mass is 442 g/mol. The molecule has 1 saturated heterocycles. The molecule has 0 radical (unpaired) electrons. The zero-order chi connectivity index (χ0) is 20.2. The molecule has 0 bridgehead atoms. The molecule has 2 N–H and O–H groups in total. The van der Waals surface area contributed by atoms with Crippen LogP contribution >= 0.6 is 22.9 Å². The van der Waals surface area contributed by atoms with Crippen molar-refractivity contribution in [2.75, 3.05) is 19.8 Å². The summed E-state index contributed by atoms with van der Waals surface area (Å²) in [5.41, 5.74) is 0.765. The van der Waals surface area contributed by atoms with Crippen LogP contribution in [-0.4, -0.2) is 40.1 Å². The van der Waals surface area contributed by atoms with E-state index in [2.05, 4.69) is 10.0 Å². The highest BCUT2D eigenvalue weighted by Crippen LogP contribution is 2.35. The molecule has 1 unspecified atom stereocenters. The maximum atomic E-state index is 12.6. The van der Waals surface area contributed by atoms with E-state index in [0.717, 1.165) is 29.7 Å². The third-order valence-corrected chi connectivity index (χ3v) is 8.15. The van der Waals surface area contributed by atoms with E-state index in [-0.39, 0.29) is 15.5 Å².